The molecule has 0 bridgehead atoms. The summed E-state index contributed by atoms with van der Waals surface area (Å²) in [5.41, 5.74) is 5.31. The summed E-state index contributed by atoms with van der Waals surface area (Å²) in [5, 5.41) is 1.69. The molecule has 0 aromatic heterocycles. The van der Waals surface area contributed by atoms with E-state index in [-0.39, 0.29) is 5.97 Å². The molecule has 3 nitrogen and oxygen atoms in total. The molecule has 0 unspecified atom stereocenters. The van der Waals surface area contributed by atoms with Gasteiger partial charge < -0.3 is 10.5 Å². The van der Waals surface area contributed by atoms with Crippen molar-refractivity contribution in [1.29, 1.82) is 0 Å². The van der Waals surface area contributed by atoms with Crippen LogP contribution < -0.4 is 10.5 Å². The summed E-state index contributed by atoms with van der Waals surface area (Å²) in [5.74, 6) is 0.940. The van der Waals surface area contributed by atoms with Gasteiger partial charge in [-0.15, -0.1) is 11.8 Å². The van der Waals surface area contributed by atoms with Crippen LogP contribution in [-0.2, 0) is 4.79 Å². The maximum atomic E-state index is 11.3. The van der Waals surface area contributed by atoms with E-state index in [1.807, 2.05) is 12.1 Å². The zero-order chi connectivity index (χ0) is 11.8. The Bertz CT molecular complexity index is 365. The van der Waals surface area contributed by atoms with Crippen molar-refractivity contribution >= 4 is 33.7 Å². The molecule has 0 amide bonds. The molecule has 5 heteroatoms. The first-order valence-electron chi connectivity index (χ1n) is 4.68. The summed E-state index contributed by atoms with van der Waals surface area (Å²) in [6.07, 6.45) is 1.39. The van der Waals surface area contributed by atoms with E-state index in [0.29, 0.717) is 12.3 Å². The molecule has 0 spiro atoms. The van der Waals surface area contributed by atoms with E-state index in [0.717, 1.165) is 10.2 Å². The third kappa shape index (κ3) is 5.34. The van der Waals surface area contributed by atoms with Crippen molar-refractivity contribution in [2.45, 2.75) is 0 Å². The average molecular weight is 302 g/mol. The molecule has 2 N–H and O–H groups in total. The quantitative estimate of drug-likeness (QED) is 0.393. The van der Waals surface area contributed by atoms with E-state index < -0.39 is 0 Å². The number of hydrogen-bond acceptors (Lipinski definition) is 4. The molecule has 1 aromatic rings. The first-order chi connectivity index (χ1) is 7.72. The van der Waals surface area contributed by atoms with Crippen molar-refractivity contribution in [1.82, 2.24) is 0 Å². The summed E-state index contributed by atoms with van der Waals surface area (Å²) >= 11 is 4.78. The largest absolute Gasteiger partial charge is 0.423 e. The Morgan fingerprint density at radius 3 is 2.75 bits per heavy atom. The van der Waals surface area contributed by atoms with Gasteiger partial charge >= 0.3 is 5.97 Å². The Morgan fingerprint density at radius 2 is 2.12 bits per heavy atom. The number of hydrogen-bond donors (Lipinski definition) is 1. The minimum Gasteiger partial charge on any atom is -0.423 e. The molecule has 0 saturated heterocycles. The highest BCUT2D eigenvalue weighted by atomic mass is 79.9. The van der Waals surface area contributed by atoms with Gasteiger partial charge in [-0.1, -0.05) is 15.9 Å². The van der Waals surface area contributed by atoms with E-state index in [4.69, 9.17) is 10.5 Å². The Labute approximate surface area is 107 Å². The zero-order valence-electron chi connectivity index (χ0n) is 8.56. The number of carbonyl (C=O) groups excluding carboxylic acids is 1. The second-order valence-corrected chi connectivity index (χ2v) is 4.77. The minimum absolute atomic E-state index is 0.383. The van der Waals surface area contributed by atoms with Gasteiger partial charge in [0.1, 0.15) is 5.75 Å². The lowest BCUT2D eigenvalue weighted by Gasteiger charge is -2.00. The van der Waals surface area contributed by atoms with Crippen LogP contribution in [0.3, 0.4) is 0 Å². The number of halogens is 1. The predicted octanol–water partition coefficient (Wildman–Crippen LogP) is 2.56. The molecule has 0 aliphatic rings. The SMILES string of the molecule is NCCSC=CC(=O)Oc1ccc(Br)cc1. The van der Waals surface area contributed by atoms with E-state index in [2.05, 4.69) is 15.9 Å². The van der Waals surface area contributed by atoms with Crippen molar-refractivity contribution < 1.29 is 9.53 Å². The van der Waals surface area contributed by atoms with Gasteiger partial charge in [-0.3, -0.25) is 0 Å². The van der Waals surface area contributed by atoms with E-state index in [9.17, 15) is 4.79 Å². The fraction of sp³-hybridized carbons (Fsp3) is 0.182. The van der Waals surface area contributed by atoms with Crippen LogP contribution >= 0.6 is 27.7 Å². The van der Waals surface area contributed by atoms with Crippen molar-refractivity contribution in [2.75, 3.05) is 12.3 Å². The Hall–Kier alpha value is -0.780. The van der Waals surface area contributed by atoms with Gasteiger partial charge in [0.25, 0.3) is 0 Å². The predicted molar refractivity (Wildman–Crippen MR) is 70.4 cm³/mol. The van der Waals surface area contributed by atoms with Gasteiger partial charge in [-0.25, -0.2) is 4.79 Å². The Balaban J connectivity index is 2.39. The maximum Gasteiger partial charge on any atom is 0.336 e. The maximum absolute atomic E-state index is 11.3. The number of esters is 1. The monoisotopic (exact) mass is 301 g/mol. The third-order valence-electron chi connectivity index (χ3n) is 1.57. The highest BCUT2D eigenvalue weighted by molar-refractivity contribution is 9.10. The first-order valence-corrected chi connectivity index (χ1v) is 6.52. The highest BCUT2D eigenvalue weighted by Gasteiger charge is 1.99. The van der Waals surface area contributed by atoms with Crippen LogP contribution in [0.15, 0.2) is 40.2 Å². The fourth-order valence-electron chi connectivity index (χ4n) is 0.893. The number of thioether (sulfide) groups is 1. The molecule has 0 saturated carbocycles. The van der Waals surface area contributed by atoms with Gasteiger partial charge in [0, 0.05) is 22.8 Å². The van der Waals surface area contributed by atoms with Crippen LogP contribution in [0, 0.1) is 0 Å². The smallest absolute Gasteiger partial charge is 0.336 e. The second kappa shape index (κ2) is 7.49. The summed E-state index contributed by atoms with van der Waals surface area (Å²) in [6, 6.07) is 7.08. The second-order valence-electron chi connectivity index (χ2n) is 2.84. The normalized spacial score (nSPS) is 10.6. The minimum atomic E-state index is -0.383. The lowest BCUT2D eigenvalue weighted by Crippen LogP contribution is -2.03. The molecule has 0 fully saturated rings. The molecule has 0 aliphatic carbocycles. The van der Waals surface area contributed by atoms with Crippen LogP contribution in [0.5, 0.6) is 5.75 Å². The van der Waals surface area contributed by atoms with Gasteiger partial charge in [0.15, 0.2) is 0 Å². The molecule has 1 aromatic carbocycles. The van der Waals surface area contributed by atoms with E-state index in [1.54, 1.807) is 17.5 Å². The lowest BCUT2D eigenvalue weighted by molar-refractivity contribution is -0.128. The molecular weight excluding hydrogens is 290 g/mol. The molecular formula is C11H12BrNO2S. The number of carbonyl (C=O) groups is 1. The van der Waals surface area contributed by atoms with Crippen molar-refractivity contribution in [2.24, 2.45) is 5.73 Å². The highest BCUT2D eigenvalue weighted by Crippen LogP contribution is 2.16. The molecule has 0 heterocycles. The number of rotatable bonds is 5. The van der Waals surface area contributed by atoms with Crippen LogP contribution in [0.2, 0.25) is 0 Å². The van der Waals surface area contributed by atoms with E-state index in [1.165, 1.54) is 17.8 Å². The van der Waals surface area contributed by atoms with Crippen LogP contribution in [-0.4, -0.2) is 18.3 Å². The third-order valence-corrected chi connectivity index (χ3v) is 2.90. The Kier molecular flexibility index (Phi) is 6.22. The molecule has 16 heavy (non-hydrogen) atoms. The molecule has 1 rings (SSSR count). The molecule has 0 radical (unpaired) electrons. The molecule has 86 valence electrons. The van der Waals surface area contributed by atoms with E-state index >= 15 is 0 Å². The zero-order valence-corrected chi connectivity index (χ0v) is 11.0. The van der Waals surface area contributed by atoms with Gasteiger partial charge in [-0.05, 0) is 29.7 Å². The summed E-state index contributed by atoms with van der Waals surface area (Å²) in [7, 11) is 0. The van der Waals surface area contributed by atoms with Gasteiger partial charge in [-0.2, -0.15) is 0 Å². The Morgan fingerprint density at radius 1 is 1.44 bits per heavy atom. The van der Waals surface area contributed by atoms with Gasteiger partial charge in [0.2, 0.25) is 0 Å². The number of nitrogens with two attached hydrogens (primary N) is 1. The van der Waals surface area contributed by atoms with Crippen molar-refractivity contribution in [3.8, 4) is 5.75 Å². The van der Waals surface area contributed by atoms with Crippen LogP contribution in [0.4, 0.5) is 0 Å². The first kappa shape index (κ1) is 13.3. The van der Waals surface area contributed by atoms with Crippen LogP contribution in [0.25, 0.3) is 0 Å². The average Bonchev–Trinajstić information content (AvgIpc) is 2.28. The number of benzene rings is 1. The topological polar surface area (TPSA) is 52.3 Å². The van der Waals surface area contributed by atoms with Crippen molar-refractivity contribution in [3.05, 3.63) is 40.2 Å². The summed E-state index contributed by atoms with van der Waals surface area (Å²) in [4.78, 5) is 11.3. The molecule has 0 atom stereocenters. The van der Waals surface area contributed by atoms with Crippen LogP contribution in [0.1, 0.15) is 0 Å². The summed E-state index contributed by atoms with van der Waals surface area (Å²) < 4.78 is 6.00. The number of ether oxygens (including phenoxy) is 1. The summed E-state index contributed by atoms with van der Waals surface area (Å²) in [6.45, 7) is 0.594. The van der Waals surface area contributed by atoms with Crippen molar-refractivity contribution in [3.63, 3.8) is 0 Å². The standard InChI is InChI=1S/C11H12BrNO2S/c12-9-1-3-10(4-2-9)15-11(14)5-7-16-8-6-13/h1-5,7H,6,8,13H2. The fourth-order valence-corrected chi connectivity index (χ4v) is 1.64. The lowest BCUT2D eigenvalue weighted by atomic mass is 10.3. The van der Waals surface area contributed by atoms with Gasteiger partial charge in [0.05, 0.1) is 0 Å². The molecule has 0 aliphatic heterocycles.